The fourth-order valence-corrected chi connectivity index (χ4v) is 5.74. The molecule has 1 atom stereocenters. The molecule has 4 saturated carbocycles. The molecule has 1 aromatic rings. The van der Waals surface area contributed by atoms with E-state index in [0.717, 1.165) is 42.6 Å². The van der Waals surface area contributed by atoms with Gasteiger partial charge in [0.15, 0.2) is 0 Å². The van der Waals surface area contributed by atoms with Crippen LogP contribution < -0.4 is 15.7 Å². The molecule has 0 aliphatic heterocycles. The van der Waals surface area contributed by atoms with Crippen molar-refractivity contribution >= 4 is 12.0 Å². The van der Waals surface area contributed by atoms with Crippen LogP contribution in [0.4, 0.5) is 4.79 Å². The molecule has 2 amide bonds. The van der Waals surface area contributed by atoms with Crippen LogP contribution in [0, 0.1) is 17.8 Å². The van der Waals surface area contributed by atoms with Gasteiger partial charge in [-0.3, -0.25) is 0 Å². The highest BCUT2D eigenvalue weighted by Gasteiger charge is 2.51. The molecular weight excluding hydrogens is 316 g/mol. The highest BCUT2D eigenvalue weighted by atomic mass is 16.4. The highest BCUT2D eigenvalue weighted by Crippen LogP contribution is 2.55. The number of rotatable bonds is 5. The summed E-state index contributed by atoms with van der Waals surface area (Å²) in [6, 6.07) is 7.92. The van der Waals surface area contributed by atoms with Crippen LogP contribution in [0.2, 0.25) is 0 Å². The Morgan fingerprint density at radius 1 is 1.04 bits per heavy atom. The lowest BCUT2D eigenvalue weighted by Gasteiger charge is -2.56. The van der Waals surface area contributed by atoms with E-state index in [1.54, 1.807) is 0 Å². The molecule has 5 heteroatoms. The average molecular weight is 341 g/mol. The summed E-state index contributed by atoms with van der Waals surface area (Å²) < 4.78 is 0. The molecule has 0 saturated heterocycles. The SMILES string of the molecule is O=C(N[C@@H](Cc1ccccc1)C(=O)[O-])NC12CC3CC(CC(C3)C1)C2. The molecule has 0 heterocycles. The van der Waals surface area contributed by atoms with Crippen molar-refractivity contribution in [3.8, 4) is 0 Å². The van der Waals surface area contributed by atoms with Crippen LogP contribution in [-0.2, 0) is 11.2 Å². The Hall–Kier alpha value is -2.04. The third-order valence-corrected chi connectivity index (χ3v) is 6.29. The minimum atomic E-state index is -1.25. The van der Waals surface area contributed by atoms with E-state index in [1.807, 2.05) is 30.3 Å². The first kappa shape index (κ1) is 16.4. The van der Waals surface area contributed by atoms with Crippen molar-refractivity contribution in [3.63, 3.8) is 0 Å². The molecule has 0 spiro atoms. The molecule has 0 radical (unpaired) electrons. The van der Waals surface area contributed by atoms with E-state index < -0.39 is 12.0 Å². The minimum absolute atomic E-state index is 0.123. The van der Waals surface area contributed by atoms with Gasteiger partial charge in [-0.15, -0.1) is 0 Å². The molecule has 4 bridgehead atoms. The van der Waals surface area contributed by atoms with Crippen LogP contribution >= 0.6 is 0 Å². The van der Waals surface area contributed by atoms with Crippen LogP contribution in [0.5, 0.6) is 0 Å². The Labute approximate surface area is 148 Å². The third-order valence-electron chi connectivity index (χ3n) is 6.29. The molecule has 4 aliphatic rings. The number of carbonyl (C=O) groups excluding carboxylic acids is 2. The molecule has 5 nitrogen and oxygen atoms in total. The summed E-state index contributed by atoms with van der Waals surface area (Å²) in [5.41, 5.74) is 0.744. The number of hydrogen-bond donors (Lipinski definition) is 2. The van der Waals surface area contributed by atoms with Crippen molar-refractivity contribution in [1.29, 1.82) is 0 Å². The maximum Gasteiger partial charge on any atom is 0.315 e. The predicted octanol–water partition coefficient (Wildman–Crippen LogP) is 1.62. The second-order valence-electron chi connectivity index (χ2n) is 8.36. The molecule has 0 unspecified atom stereocenters. The van der Waals surface area contributed by atoms with Crippen molar-refractivity contribution in [2.24, 2.45) is 17.8 Å². The first-order chi connectivity index (χ1) is 12.0. The molecule has 5 rings (SSSR count). The van der Waals surface area contributed by atoms with E-state index in [-0.39, 0.29) is 18.0 Å². The summed E-state index contributed by atoms with van der Waals surface area (Å²) in [6.45, 7) is 0. The quantitative estimate of drug-likeness (QED) is 0.854. The van der Waals surface area contributed by atoms with Crippen molar-refractivity contribution in [3.05, 3.63) is 35.9 Å². The van der Waals surface area contributed by atoms with Crippen molar-refractivity contribution in [2.45, 2.75) is 56.5 Å². The van der Waals surface area contributed by atoms with Gasteiger partial charge in [0.05, 0.1) is 12.0 Å². The molecule has 1 aromatic carbocycles. The van der Waals surface area contributed by atoms with Gasteiger partial charge in [0.25, 0.3) is 0 Å². The second kappa shape index (κ2) is 6.36. The molecule has 2 N–H and O–H groups in total. The van der Waals surface area contributed by atoms with Crippen LogP contribution in [0.25, 0.3) is 0 Å². The monoisotopic (exact) mass is 341 g/mol. The maximum atomic E-state index is 12.5. The van der Waals surface area contributed by atoms with Crippen LogP contribution in [0.15, 0.2) is 30.3 Å². The van der Waals surface area contributed by atoms with Crippen molar-refractivity contribution < 1.29 is 14.7 Å². The summed E-state index contributed by atoms with van der Waals surface area (Å²) >= 11 is 0. The number of nitrogens with one attached hydrogen (secondary N) is 2. The van der Waals surface area contributed by atoms with Gasteiger partial charge < -0.3 is 20.5 Å². The lowest BCUT2D eigenvalue weighted by Crippen LogP contribution is -2.63. The number of hydrogen-bond acceptors (Lipinski definition) is 3. The normalized spacial score (nSPS) is 33.7. The fourth-order valence-electron chi connectivity index (χ4n) is 5.74. The van der Waals surface area contributed by atoms with Crippen molar-refractivity contribution in [1.82, 2.24) is 10.6 Å². The third kappa shape index (κ3) is 3.51. The maximum absolute atomic E-state index is 12.5. The van der Waals surface area contributed by atoms with Crippen LogP contribution in [-0.4, -0.2) is 23.6 Å². The smallest absolute Gasteiger partial charge is 0.315 e. The number of carboxylic acid groups (broad SMARTS) is 1. The zero-order valence-corrected chi connectivity index (χ0v) is 14.4. The van der Waals surface area contributed by atoms with Gasteiger partial charge in [0.2, 0.25) is 0 Å². The summed E-state index contributed by atoms with van der Waals surface area (Å²) in [5.74, 6) is 0.943. The Morgan fingerprint density at radius 3 is 2.12 bits per heavy atom. The van der Waals surface area contributed by atoms with E-state index in [1.165, 1.54) is 19.3 Å². The summed E-state index contributed by atoms with van der Waals surface area (Å²) in [7, 11) is 0. The zero-order chi connectivity index (χ0) is 17.4. The predicted molar refractivity (Wildman–Crippen MR) is 91.5 cm³/mol. The molecule has 4 fully saturated rings. The Bertz CT molecular complexity index is 623. The molecule has 134 valence electrons. The number of carboxylic acids is 1. The Balaban J connectivity index is 1.39. The Kier molecular flexibility index (Phi) is 4.18. The summed E-state index contributed by atoms with van der Waals surface area (Å²) in [5, 5.41) is 17.2. The standard InChI is InChI=1S/C20H26N2O3/c23-18(24)17(9-13-4-2-1-3-5-13)21-19(25)22-20-10-14-6-15(11-20)8-16(7-14)12-20/h1-5,14-17H,6-12H2,(H,23,24)(H2,21,22,25)/p-1/t14?,15?,16?,17-,20?/m0/s1. The fraction of sp³-hybridized carbons (Fsp3) is 0.600. The molecule has 0 aromatic heterocycles. The van der Waals surface area contributed by atoms with E-state index in [2.05, 4.69) is 10.6 Å². The molecular formula is C20H25N2O3-. The highest BCUT2D eigenvalue weighted by molar-refractivity contribution is 5.82. The topological polar surface area (TPSA) is 81.3 Å². The van der Waals surface area contributed by atoms with Crippen LogP contribution in [0.3, 0.4) is 0 Å². The number of amides is 2. The van der Waals surface area contributed by atoms with Gasteiger partial charge in [0, 0.05) is 5.54 Å². The van der Waals surface area contributed by atoms with Crippen LogP contribution in [0.1, 0.15) is 44.1 Å². The minimum Gasteiger partial charge on any atom is -0.548 e. The number of benzene rings is 1. The lowest BCUT2D eigenvalue weighted by atomic mass is 9.53. The van der Waals surface area contributed by atoms with E-state index in [9.17, 15) is 14.7 Å². The van der Waals surface area contributed by atoms with Gasteiger partial charge in [-0.05, 0) is 68.3 Å². The Morgan fingerprint density at radius 2 is 1.60 bits per heavy atom. The van der Waals surface area contributed by atoms with E-state index in [0.29, 0.717) is 0 Å². The zero-order valence-electron chi connectivity index (χ0n) is 14.4. The van der Waals surface area contributed by atoms with E-state index >= 15 is 0 Å². The number of aliphatic carboxylic acids is 1. The lowest BCUT2D eigenvalue weighted by molar-refractivity contribution is -0.308. The van der Waals surface area contributed by atoms with Gasteiger partial charge in [0.1, 0.15) is 0 Å². The molecule has 4 aliphatic carbocycles. The van der Waals surface area contributed by atoms with Gasteiger partial charge in [-0.2, -0.15) is 0 Å². The number of carbonyl (C=O) groups is 2. The summed E-state index contributed by atoms with van der Waals surface area (Å²) in [4.78, 5) is 24.0. The second-order valence-corrected chi connectivity index (χ2v) is 8.36. The largest absolute Gasteiger partial charge is 0.548 e. The number of urea groups is 1. The molecule has 25 heavy (non-hydrogen) atoms. The van der Waals surface area contributed by atoms with Gasteiger partial charge in [-0.25, -0.2) is 4.79 Å². The first-order valence-corrected chi connectivity index (χ1v) is 9.35. The summed E-state index contributed by atoms with van der Waals surface area (Å²) in [6.07, 6.45) is 7.27. The van der Waals surface area contributed by atoms with E-state index in [4.69, 9.17) is 0 Å². The van der Waals surface area contributed by atoms with Crippen molar-refractivity contribution in [2.75, 3.05) is 0 Å². The van der Waals surface area contributed by atoms with Gasteiger partial charge >= 0.3 is 6.03 Å². The van der Waals surface area contributed by atoms with Gasteiger partial charge in [-0.1, -0.05) is 30.3 Å². The first-order valence-electron chi connectivity index (χ1n) is 9.35. The average Bonchev–Trinajstić information content (AvgIpc) is 2.53.